The first-order valence-electron chi connectivity index (χ1n) is 6.53. The summed E-state index contributed by atoms with van der Waals surface area (Å²) in [6, 6.07) is 5.23. The number of aromatic amines is 1. The minimum Gasteiger partial charge on any atom is -0.494 e. The summed E-state index contributed by atoms with van der Waals surface area (Å²) in [5, 5.41) is -0.797. The molecule has 1 fully saturated rings. The van der Waals surface area contributed by atoms with E-state index in [0.29, 0.717) is 29.6 Å². The molecule has 1 unspecified atom stereocenters. The molecule has 0 radical (unpaired) electrons. The Balaban J connectivity index is 2.30. The zero-order chi connectivity index (χ0) is 14.3. The fourth-order valence-corrected chi connectivity index (χ4v) is 4.74. The third-order valence-electron chi connectivity index (χ3n) is 3.75. The van der Waals surface area contributed by atoms with Gasteiger partial charge in [-0.2, -0.15) is 0 Å². The van der Waals surface area contributed by atoms with Gasteiger partial charge in [0.2, 0.25) is 0 Å². The second-order valence-electron chi connectivity index (χ2n) is 4.97. The fourth-order valence-electron chi connectivity index (χ4n) is 2.82. The van der Waals surface area contributed by atoms with Crippen molar-refractivity contribution in [1.82, 2.24) is 9.55 Å². The monoisotopic (exact) mass is 296 g/mol. The minimum atomic E-state index is -3.30. The predicted molar refractivity (Wildman–Crippen MR) is 75.8 cm³/mol. The highest BCUT2D eigenvalue weighted by Crippen LogP contribution is 2.33. The topological polar surface area (TPSA) is 81.2 Å². The molecular weight excluding hydrogens is 280 g/mol. The summed E-state index contributed by atoms with van der Waals surface area (Å²) in [6.45, 7) is 0. The number of sulfone groups is 1. The first kappa shape index (κ1) is 13.2. The van der Waals surface area contributed by atoms with Crippen molar-refractivity contribution in [2.45, 2.75) is 24.6 Å². The van der Waals surface area contributed by atoms with Crippen molar-refractivity contribution in [1.29, 1.82) is 0 Å². The van der Waals surface area contributed by atoms with E-state index < -0.39 is 20.9 Å². The third kappa shape index (κ3) is 1.93. The van der Waals surface area contributed by atoms with Crippen LogP contribution in [0.4, 0.5) is 0 Å². The minimum absolute atomic E-state index is 0.131. The van der Waals surface area contributed by atoms with Crippen LogP contribution in [0.2, 0.25) is 0 Å². The molecule has 1 aromatic heterocycles. The maximum absolute atomic E-state index is 12.3. The Morgan fingerprint density at radius 2 is 2.15 bits per heavy atom. The second-order valence-corrected chi connectivity index (χ2v) is 7.25. The van der Waals surface area contributed by atoms with Crippen molar-refractivity contribution in [3.63, 3.8) is 0 Å². The SMILES string of the molecule is COc1cccc2[nH]c(=O)n(C3CCCCS3(=O)=O)c12. The van der Waals surface area contributed by atoms with E-state index in [2.05, 4.69) is 4.98 Å². The number of fused-ring (bicyclic) bond motifs is 1. The van der Waals surface area contributed by atoms with Gasteiger partial charge < -0.3 is 9.72 Å². The number of nitrogens with one attached hydrogen (secondary N) is 1. The number of ether oxygens (including phenoxy) is 1. The van der Waals surface area contributed by atoms with Crippen molar-refractivity contribution >= 4 is 20.9 Å². The summed E-state index contributed by atoms with van der Waals surface area (Å²) in [6.07, 6.45) is 1.93. The Morgan fingerprint density at radius 3 is 2.85 bits per heavy atom. The number of rotatable bonds is 2. The number of nitrogens with zero attached hydrogens (tertiary/aromatic N) is 1. The molecular formula is C13H16N2O4S. The molecule has 1 aromatic carbocycles. The third-order valence-corrected chi connectivity index (χ3v) is 5.89. The molecule has 0 saturated carbocycles. The highest BCUT2D eigenvalue weighted by Gasteiger charge is 2.33. The number of methoxy groups -OCH3 is 1. The molecule has 0 bridgehead atoms. The van der Waals surface area contributed by atoms with Crippen LogP contribution < -0.4 is 10.4 Å². The lowest BCUT2D eigenvalue weighted by Gasteiger charge is -2.23. The summed E-state index contributed by atoms with van der Waals surface area (Å²) in [4.78, 5) is 14.9. The zero-order valence-corrected chi connectivity index (χ0v) is 11.9. The van der Waals surface area contributed by atoms with E-state index >= 15 is 0 Å². The predicted octanol–water partition coefficient (Wildman–Crippen LogP) is 1.44. The van der Waals surface area contributed by atoms with Crippen LogP contribution in [-0.4, -0.2) is 30.8 Å². The van der Waals surface area contributed by atoms with Gasteiger partial charge in [-0.3, -0.25) is 4.57 Å². The van der Waals surface area contributed by atoms with Crippen LogP contribution in [0.25, 0.3) is 11.0 Å². The van der Waals surface area contributed by atoms with Gasteiger partial charge in [-0.1, -0.05) is 6.07 Å². The highest BCUT2D eigenvalue weighted by atomic mass is 32.2. The van der Waals surface area contributed by atoms with Crippen LogP contribution in [0.15, 0.2) is 23.0 Å². The lowest BCUT2D eigenvalue weighted by Crippen LogP contribution is -2.32. The number of para-hydroxylation sites is 1. The van der Waals surface area contributed by atoms with Gasteiger partial charge in [0.15, 0.2) is 9.84 Å². The van der Waals surface area contributed by atoms with Gasteiger partial charge in [-0.05, 0) is 31.4 Å². The molecule has 0 spiro atoms. The van der Waals surface area contributed by atoms with Crippen LogP contribution in [0.3, 0.4) is 0 Å². The molecule has 1 saturated heterocycles. The average molecular weight is 296 g/mol. The largest absolute Gasteiger partial charge is 0.494 e. The fraction of sp³-hybridized carbons (Fsp3) is 0.462. The number of hydrogen-bond donors (Lipinski definition) is 1. The quantitative estimate of drug-likeness (QED) is 0.909. The Hall–Kier alpha value is -1.76. The summed E-state index contributed by atoms with van der Waals surface area (Å²) < 4.78 is 31.1. The molecule has 1 aliphatic heterocycles. The van der Waals surface area contributed by atoms with Crippen molar-refractivity contribution in [3.05, 3.63) is 28.7 Å². The number of imidazole rings is 1. The molecule has 6 nitrogen and oxygen atoms in total. The van der Waals surface area contributed by atoms with E-state index in [4.69, 9.17) is 4.74 Å². The number of aromatic nitrogens is 2. The number of hydrogen-bond acceptors (Lipinski definition) is 4. The van der Waals surface area contributed by atoms with E-state index in [1.54, 1.807) is 18.2 Å². The molecule has 1 N–H and O–H groups in total. The summed E-state index contributed by atoms with van der Waals surface area (Å²) in [7, 11) is -1.79. The summed E-state index contributed by atoms with van der Waals surface area (Å²) in [5.41, 5.74) is 0.713. The molecule has 3 rings (SSSR count). The molecule has 0 aliphatic carbocycles. The molecule has 2 heterocycles. The molecule has 1 aliphatic rings. The zero-order valence-electron chi connectivity index (χ0n) is 11.1. The maximum atomic E-state index is 12.3. The van der Waals surface area contributed by atoms with E-state index in [1.165, 1.54) is 11.7 Å². The van der Waals surface area contributed by atoms with E-state index in [0.717, 1.165) is 6.42 Å². The summed E-state index contributed by atoms with van der Waals surface area (Å²) >= 11 is 0. The van der Waals surface area contributed by atoms with Crippen LogP contribution in [0.5, 0.6) is 5.75 Å². The van der Waals surface area contributed by atoms with Crippen LogP contribution >= 0.6 is 0 Å². The van der Waals surface area contributed by atoms with Crippen molar-refractivity contribution in [2.75, 3.05) is 12.9 Å². The van der Waals surface area contributed by atoms with Gasteiger partial charge in [-0.25, -0.2) is 13.2 Å². The smallest absolute Gasteiger partial charge is 0.327 e. The molecule has 0 amide bonds. The molecule has 7 heteroatoms. The molecule has 20 heavy (non-hydrogen) atoms. The van der Waals surface area contributed by atoms with Crippen LogP contribution in [0.1, 0.15) is 24.6 Å². The number of H-pyrrole nitrogens is 1. The van der Waals surface area contributed by atoms with Crippen LogP contribution in [0, 0.1) is 0 Å². The molecule has 1 atom stereocenters. The first-order valence-corrected chi connectivity index (χ1v) is 8.25. The van der Waals surface area contributed by atoms with Crippen molar-refractivity contribution in [2.24, 2.45) is 0 Å². The summed E-state index contributed by atoms with van der Waals surface area (Å²) in [5.74, 6) is 0.632. The van der Waals surface area contributed by atoms with Crippen molar-refractivity contribution < 1.29 is 13.2 Å². The van der Waals surface area contributed by atoms with Crippen molar-refractivity contribution in [3.8, 4) is 5.75 Å². The van der Waals surface area contributed by atoms with Gasteiger partial charge in [0.25, 0.3) is 0 Å². The Bertz CT molecular complexity index is 803. The van der Waals surface area contributed by atoms with E-state index in [1.807, 2.05) is 0 Å². The Morgan fingerprint density at radius 1 is 1.35 bits per heavy atom. The average Bonchev–Trinajstić information content (AvgIpc) is 2.74. The second kappa shape index (κ2) is 4.66. The highest BCUT2D eigenvalue weighted by molar-refractivity contribution is 7.91. The Kier molecular flexibility index (Phi) is 3.08. The van der Waals surface area contributed by atoms with Gasteiger partial charge in [-0.15, -0.1) is 0 Å². The molecule has 108 valence electrons. The molecule has 2 aromatic rings. The lowest BCUT2D eigenvalue weighted by atomic mass is 10.2. The first-order chi connectivity index (χ1) is 9.54. The standard InChI is InChI=1S/C13H16N2O4S/c1-19-10-6-4-5-9-12(10)15(13(16)14-9)11-7-2-3-8-20(11,17)18/h4-6,11H,2-3,7-8H2,1H3,(H,14,16). The van der Waals surface area contributed by atoms with Gasteiger partial charge in [0, 0.05) is 0 Å². The van der Waals surface area contributed by atoms with Crippen LogP contribution in [-0.2, 0) is 9.84 Å². The van der Waals surface area contributed by atoms with E-state index in [-0.39, 0.29) is 5.75 Å². The van der Waals surface area contributed by atoms with Gasteiger partial charge in [0.05, 0.1) is 18.4 Å². The Labute approximate surface area is 116 Å². The normalized spacial score (nSPS) is 21.9. The maximum Gasteiger partial charge on any atom is 0.327 e. The number of benzene rings is 1. The lowest BCUT2D eigenvalue weighted by molar-refractivity contribution is 0.415. The van der Waals surface area contributed by atoms with Gasteiger partial charge in [0.1, 0.15) is 16.6 Å². The van der Waals surface area contributed by atoms with Gasteiger partial charge >= 0.3 is 5.69 Å². The van der Waals surface area contributed by atoms with E-state index in [9.17, 15) is 13.2 Å².